The van der Waals surface area contributed by atoms with E-state index in [0.29, 0.717) is 5.56 Å². The number of nitrogens with zero attached hydrogens (tertiary/aromatic N) is 6. The van der Waals surface area contributed by atoms with Gasteiger partial charge in [-0.15, -0.1) is 0 Å². The Labute approximate surface area is 536 Å². The zero-order valence-corrected chi connectivity index (χ0v) is 51.7. The van der Waals surface area contributed by atoms with E-state index in [9.17, 15) is 17.8 Å². The van der Waals surface area contributed by atoms with Gasteiger partial charge in [0.25, 0.3) is 0 Å². The Morgan fingerprint density at radius 2 is 0.671 bits per heavy atom. The van der Waals surface area contributed by atoms with Crippen molar-refractivity contribution in [2.24, 2.45) is 0 Å². The van der Waals surface area contributed by atoms with Crippen LogP contribution in [0.25, 0.3) is 78.0 Å². The maximum Gasteiger partial charge on any atom is 1.00 e. The van der Waals surface area contributed by atoms with Gasteiger partial charge >= 0.3 is 35.5 Å². The first-order valence-electron chi connectivity index (χ1n) is 26.0. The van der Waals surface area contributed by atoms with Gasteiger partial charge in [-0.2, -0.15) is 0 Å². The summed E-state index contributed by atoms with van der Waals surface area (Å²) in [6, 6.07) is 80.9. The molecular formula is C69H49N6NaO5RuS3. The van der Waals surface area contributed by atoms with Crippen LogP contribution in [0.15, 0.2) is 316 Å². The van der Waals surface area contributed by atoms with Crippen LogP contribution in [0.5, 0.6) is 0 Å². The fourth-order valence-corrected chi connectivity index (χ4v) is 11.6. The van der Waals surface area contributed by atoms with E-state index in [1.54, 1.807) is 78.9 Å². The molecule has 0 atom stereocenters. The number of benzene rings is 7. The number of aromatic carboxylic acids is 1. The summed E-state index contributed by atoms with van der Waals surface area (Å²) in [7, 11) is -4.57. The first-order valence-corrected chi connectivity index (χ1v) is 29.1. The Kier molecular flexibility index (Phi) is 22.9. The second kappa shape index (κ2) is 31.0. The Balaban J connectivity index is 0.000000146. The van der Waals surface area contributed by atoms with E-state index in [-0.39, 0.29) is 53.9 Å². The van der Waals surface area contributed by atoms with Crippen LogP contribution in [-0.4, -0.2) is 54.0 Å². The molecule has 0 saturated heterocycles. The minimum atomic E-state index is -4.57. The smallest absolute Gasteiger partial charge is 0.744 e. The van der Waals surface area contributed by atoms with Crippen molar-refractivity contribution in [2.75, 3.05) is 0 Å². The molecule has 0 saturated carbocycles. The molecule has 0 bridgehead atoms. The molecule has 1 N–H and O–H groups in total. The standard InChI is InChI=1S/C26H18O3S.C13H8O2S2.3C10H8N2.Na.Ru/c27-30(28,29)20-15-16-23-24(17-20)26(19-11-5-2-6-12-19)22-14-8-7-13-21(22)25(23)18-9-3-1-4-10-18;14-13(15)8-5-6-11-12(7-8)17-10-4-2-1-3-9(10)16-11;3*1-3-7-11-9(5-1)10-6-2-4-8-12-10;;/h1-17H,(H,27,28,29);1-7H,(H,14,15);3*1-8H;;/q;;;;;+1;/p-1. The van der Waals surface area contributed by atoms with Gasteiger partial charge in [0.05, 0.1) is 44.6 Å². The zero-order valence-electron chi connectivity index (χ0n) is 45.6. The number of carboxylic acids is 1. The van der Waals surface area contributed by atoms with Gasteiger partial charge in [0.2, 0.25) is 0 Å². The predicted octanol–water partition coefficient (Wildman–Crippen LogP) is 13.7. The van der Waals surface area contributed by atoms with Gasteiger partial charge in [-0.3, -0.25) is 29.9 Å². The molecule has 7 aromatic carbocycles. The summed E-state index contributed by atoms with van der Waals surface area (Å²) >= 11 is 3.32. The summed E-state index contributed by atoms with van der Waals surface area (Å²) in [6.07, 6.45) is 10.6. The molecule has 0 amide bonds. The van der Waals surface area contributed by atoms with Gasteiger partial charge in [0.1, 0.15) is 10.1 Å². The topological polar surface area (TPSA) is 172 Å². The molecule has 85 heavy (non-hydrogen) atoms. The summed E-state index contributed by atoms with van der Waals surface area (Å²) in [5, 5.41) is 12.7. The Morgan fingerprint density at radius 1 is 0.353 bits per heavy atom. The number of hydrogen-bond acceptors (Lipinski definition) is 12. The molecule has 14 rings (SSSR count). The number of aromatic nitrogens is 6. The summed E-state index contributed by atoms with van der Waals surface area (Å²) in [5.41, 5.74) is 9.79. The van der Waals surface area contributed by atoms with E-state index < -0.39 is 16.1 Å². The summed E-state index contributed by atoms with van der Waals surface area (Å²) in [4.78, 5) is 40.4. The quantitative estimate of drug-likeness (QED) is 0.0909. The summed E-state index contributed by atoms with van der Waals surface area (Å²) in [6.45, 7) is 0. The fourth-order valence-electron chi connectivity index (χ4n) is 8.89. The molecule has 412 valence electrons. The first kappa shape index (κ1) is 62.7. The minimum Gasteiger partial charge on any atom is -0.744 e. The summed E-state index contributed by atoms with van der Waals surface area (Å²) in [5.74, 6) is -0.878. The van der Waals surface area contributed by atoms with Crippen molar-refractivity contribution >= 4 is 61.2 Å². The molecule has 0 fully saturated rings. The second-order valence-corrected chi connectivity index (χ2v) is 21.6. The largest absolute Gasteiger partial charge is 1.00 e. The van der Waals surface area contributed by atoms with Gasteiger partial charge in [0, 0.05) is 76.2 Å². The molecule has 11 nitrogen and oxygen atoms in total. The van der Waals surface area contributed by atoms with Gasteiger partial charge in [-0.25, -0.2) is 13.2 Å². The van der Waals surface area contributed by atoms with Crippen LogP contribution in [0.4, 0.5) is 0 Å². The monoisotopic (exact) mass is 1260 g/mol. The van der Waals surface area contributed by atoms with Crippen LogP contribution in [-0.2, 0) is 29.6 Å². The van der Waals surface area contributed by atoms with Crippen LogP contribution in [0.3, 0.4) is 0 Å². The van der Waals surface area contributed by atoms with E-state index in [1.807, 2.05) is 206 Å². The van der Waals surface area contributed by atoms with Crippen molar-refractivity contribution in [3.05, 3.63) is 298 Å². The van der Waals surface area contributed by atoms with Crippen molar-refractivity contribution in [1.29, 1.82) is 0 Å². The minimum absolute atomic E-state index is 0. The maximum atomic E-state index is 11.8. The molecule has 6 aromatic heterocycles. The number of pyridine rings is 6. The number of rotatable bonds is 7. The molecular weight excluding hydrogens is 1210 g/mol. The Bertz CT molecular complexity index is 4080. The maximum absolute atomic E-state index is 11.8. The van der Waals surface area contributed by atoms with Crippen LogP contribution in [0, 0.1) is 0 Å². The summed E-state index contributed by atoms with van der Waals surface area (Å²) < 4.78 is 35.4. The molecule has 0 unspecified atom stereocenters. The predicted molar refractivity (Wildman–Crippen MR) is 331 cm³/mol. The first-order chi connectivity index (χ1) is 40.7. The van der Waals surface area contributed by atoms with Crippen molar-refractivity contribution in [3.63, 3.8) is 0 Å². The van der Waals surface area contributed by atoms with Gasteiger partial charge in [0.15, 0.2) is 0 Å². The van der Waals surface area contributed by atoms with Crippen LogP contribution in [0.2, 0.25) is 0 Å². The zero-order chi connectivity index (χ0) is 57.2. The van der Waals surface area contributed by atoms with Crippen LogP contribution < -0.4 is 29.6 Å². The third-order valence-electron chi connectivity index (χ3n) is 12.7. The van der Waals surface area contributed by atoms with Crippen LogP contribution >= 0.6 is 23.5 Å². The second-order valence-electron chi connectivity index (χ2n) is 18.1. The average Bonchev–Trinajstić information content (AvgIpc) is 1.07. The third kappa shape index (κ3) is 16.5. The normalized spacial score (nSPS) is 10.8. The van der Waals surface area contributed by atoms with Gasteiger partial charge in [-0.05, 0) is 159 Å². The SMILES string of the molecule is O=C(O)c1ccc2c(c1)Sc1ccccc1S2.O=S(=O)([O-])c1ccc2c(-c3ccccc3)c3ccccc3c(-c3ccccc3)c2c1.[Na+].[Ru].c1ccc(-c2ccccn2)nc1.c1ccc(-c2ccccn2)nc1.c1ccc(-c2ccccn2)nc1. The van der Waals surface area contributed by atoms with Gasteiger partial charge < -0.3 is 9.66 Å². The third-order valence-corrected chi connectivity index (χ3v) is 16.0. The number of carboxylic acid groups (broad SMARTS) is 1. The molecule has 16 heteroatoms. The molecule has 1 aliphatic heterocycles. The molecule has 7 heterocycles. The van der Waals surface area contributed by atoms with Crippen molar-refractivity contribution in [2.45, 2.75) is 24.5 Å². The van der Waals surface area contributed by atoms with Crippen LogP contribution in [0.1, 0.15) is 10.4 Å². The molecule has 0 aliphatic carbocycles. The van der Waals surface area contributed by atoms with E-state index in [0.717, 1.165) is 87.8 Å². The van der Waals surface area contributed by atoms with Gasteiger partial charge in [-0.1, -0.05) is 163 Å². The van der Waals surface area contributed by atoms with Crippen molar-refractivity contribution in [1.82, 2.24) is 29.9 Å². The Morgan fingerprint density at radius 3 is 1.02 bits per heavy atom. The van der Waals surface area contributed by atoms with E-state index in [4.69, 9.17) is 5.11 Å². The molecule has 0 radical (unpaired) electrons. The number of carbonyl (C=O) groups is 1. The average molecular weight is 1260 g/mol. The van der Waals surface area contributed by atoms with Crippen molar-refractivity contribution in [3.8, 4) is 56.4 Å². The Hall–Kier alpha value is -8.34. The van der Waals surface area contributed by atoms with Crippen molar-refractivity contribution < 1.29 is 71.9 Å². The fraction of sp³-hybridized carbons (Fsp3) is 0. The van der Waals surface area contributed by atoms with E-state index in [1.165, 1.54) is 21.9 Å². The van der Waals surface area contributed by atoms with E-state index in [2.05, 4.69) is 48.1 Å². The molecule has 0 spiro atoms. The molecule has 1 aliphatic rings. The molecule has 13 aromatic rings. The number of fused-ring (bicyclic) bond motifs is 4. The van der Waals surface area contributed by atoms with E-state index >= 15 is 0 Å². The number of hydrogen-bond donors (Lipinski definition) is 1.